The summed E-state index contributed by atoms with van der Waals surface area (Å²) in [5.74, 6) is -0.196. The Morgan fingerprint density at radius 1 is 1.70 bits per heavy atom. The van der Waals surface area contributed by atoms with E-state index in [2.05, 4.69) is 5.32 Å². The van der Waals surface area contributed by atoms with Crippen LogP contribution in [0.5, 0.6) is 0 Å². The summed E-state index contributed by atoms with van der Waals surface area (Å²) in [5.41, 5.74) is 5.17. The highest BCUT2D eigenvalue weighted by atomic mass is 16.1. The molecule has 1 rings (SSSR count). The summed E-state index contributed by atoms with van der Waals surface area (Å²) in [6.07, 6.45) is 2.70. The molecule has 0 bridgehead atoms. The van der Waals surface area contributed by atoms with Gasteiger partial charge in [-0.1, -0.05) is 6.92 Å². The molecule has 0 aliphatic heterocycles. The van der Waals surface area contributed by atoms with Crippen LogP contribution in [0.3, 0.4) is 0 Å². The molecule has 0 atom stereocenters. The molecule has 3 N–H and O–H groups in total. The maximum Gasteiger partial charge on any atom is 0.219 e. The summed E-state index contributed by atoms with van der Waals surface area (Å²) in [7, 11) is 0. The van der Waals surface area contributed by atoms with Crippen molar-refractivity contribution < 1.29 is 4.79 Å². The van der Waals surface area contributed by atoms with Crippen molar-refractivity contribution in [3.05, 3.63) is 0 Å². The van der Waals surface area contributed by atoms with Crippen molar-refractivity contribution in [2.75, 3.05) is 6.54 Å². The molecular formula is C7H14N2O. The zero-order valence-electron chi connectivity index (χ0n) is 6.31. The van der Waals surface area contributed by atoms with E-state index in [0.29, 0.717) is 6.42 Å². The fourth-order valence-corrected chi connectivity index (χ4v) is 1.28. The van der Waals surface area contributed by atoms with Crippen molar-refractivity contribution in [3.8, 4) is 0 Å². The molecular weight excluding hydrogens is 128 g/mol. The van der Waals surface area contributed by atoms with E-state index in [1.165, 1.54) is 0 Å². The molecule has 3 heteroatoms. The maximum absolute atomic E-state index is 10.5. The van der Waals surface area contributed by atoms with Gasteiger partial charge >= 0.3 is 0 Å². The number of nitrogens with two attached hydrogens (primary N) is 1. The lowest BCUT2D eigenvalue weighted by atomic mass is 10.2. The van der Waals surface area contributed by atoms with Crippen molar-refractivity contribution in [2.45, 2.75) is 31.7 Å². The van der Waals surface area contributed by atoms with Crippen LogP contribution in [0.4, 0.5) is 0 Å². The lowest BCUT2D eigenvalue weighted by molar-refractivity contribution is -0.118. The predicted octanol–water partition coefficient (Wildman–Crippen LogP) is 0.00390. The lowest BCUT2D eigenvalue weighted by Gasteiger charge is -2.12. The molecule has 1 amide bonds. The number of primary amides is 1. The van der Waals surface area contributed by atoms with E-state index < -0.39 is 0 Å². The zero-order chi connectivity index (χ0) is 7.61. The molecule has 0 unspecified atom stereocenters. The van der Waals surface area contributed by atoms with Crippen LogP contribution in [0.25, 0.3) is 0 Å². The minimum Gasteiger partial charge on any atom is -0.370 e. The second-order valence-electron chi connectivity index (χ2n) is 2.95. The summed E-state index contributed by atoms with van der Waals surface area (Å²) >= 11 is 0. The smallest absolute Gasteiger partial charge is 0.219 e. The average molecular weight is 142 g/mol. The Morgan fingerprint density at radius 3 is 2.60 bits per heavy atom. The summed E-state index contributed by atoms with van der Waals surface area (Å²) in [6, 6.07) is 0. The quantitative estimate of drug-likeness (QED) is 0.580. The second-order valence-corrected chi connectivity index (χ2v) is 2.95. The van der Waals surface area contributed by atoms with Gasteiger partial charge in [-0.2, -0.15) is 0 Å². The molecule has 1 fully saturated rings. The molecule has 0 aromatic carbocycles. The number of hydrogen-bond donors (Lipinski definition) is 2. The van der Waals surface area contributed by atoms with Gasteiger partial charge in [-0.3, -0.25) is 4.79 Å². The van der Waals surface area contributed by atoms with Crippen LogP contribution >= 0.6 is 0 Å². The van der Waals surface area contributed by atoms with Gasteiger partial charge in [-0.25, -0.2) is 0 Å². The van der Waals surface area contributed by atoms with Crippen LogP contribution in [-0.2, 0) is 4.79 Å². The number of carbonyl (C=O) groups excluding carboxylic acids is 1. The number of rotatable bonds is 4. The Labute approximate surface area is 61.0 Å². The highest BCUT2D eigenvalue weighted by molar-refractivity contribution is 5.75. The highest BCUT2D eigenvalue weighted by Crippen LogP contribution is 2.38. The third-order valence-electron chi connectivity index (χ3n) is 1.92. The molecule has 1 saturated carbocycles. The number of carbonyl (C=O) groups is 1. The normalized spacial score (nSPS) is 20.5. The van der Waals surface area contributed by atoms with Gasteiger partial charge < -0.3 is 11.1 Å². The minimum atomic E-state index is -0.196. The van der Waals surface area contributed by atoms with Crippen LogP contribution in [-0.4, -0.2) is 18.0 Å². The predicted molar refractivity (Wildman–Crippen MR) is 39.5 cm³/mol. The fourth-order valence-electron chi connectivity index (χ4n) is 1.28. The molecule has 0 saturated heterocycles. The molecule has 1 aliphatic rings. The third-order valence-corrected chi connectivity index (χ3v) is 1.92. The minimum absolute atomic E-state index is 0.0978. The molecule has 0 aromatic rings. The van der Waals surface area contributed by atoms with Crippen molar-refractivity contribution in [1.82, 2.24) is 5.32 Å². The SMILES string of the molecule is CCNC1(CC(N)=O)CC1. The van der Waals surface area contributed by atoms with Crippen LogP contribution < -0.4 is 11.1 Å². The Hall–Kier alpha value is -0.570. The monoisotopic (exact) mass is 142 g/mol. The maximum atomic E-state index is 10.5. The van der Waals surface area contributed by atoms with Crippen molar-refractivity contribution in [1.29, 1.82) is 0 Å². The van der Waals surface area contributed by atoms with Gasteiger partial charge in [0.1, 0.15) is 0 Å². The van der Waals surface area contributed by atoms with E-state index >= 15 is 0 Å². The van der Waals surface area contributed by atoms with Gasteiger partial charge in [0.2, 0.25) is 5.91 Å². The summed E-state index contributed by atoms with van der Waals surface area (Å²) < 4.78 is 0. The number of hydrogen-bond acceptors (Lipinski definition) is 2. The first-order chi connectivity index (χ1) is 4.68. The third kappa shape index (κ3) is 1.70. The molecule has 1 aliphatic carbocycles. The van der Waals surface area contributed by atoms with Crippen LogP contribution in [0.15, 0.2) is 0 Å². The topological polar surface area (TPSA) is 55.1 Å². The van der Waals surface area contributed by atoms with Gasteiger partial charge in [0.15, 0.2) is 0 Å². The lowest BCUT2D eigenvalue weighted by Crippen LogP contribution is -2.35. The Bertz CT molecular complexity index is 141. The van der Waals surface area contributed by atoms with Crippen molar-refractivity contribution in [3.63, 3.8) is 0 Å². The summed E-state index contributed by atoms with van der Waals surface area (Å²) in [4.78, 5) is 10.5. The molecule has 3 nitrogen and oxygen atoms in total. The molecule has 10 heavy (non-hydrogen) atoms. The van der Waals surface area contributed by atoms with Crippen molar-refractivity contribution in [2.24, 2.45) is 5.73 Å². The molecule has 0 aromatic heterocycles. The van der Waals surface area contributed by atoms with Gasteiger partial charge in [-0.15, -0.1) is 0 Å². The van der Waals surface area contributed by atoms with Gasteiger partial charge in [0.05, 0.1) is 0 Å². The average Bonchev–Trinajstić information content (AvgIpc) is 2.47. The van der Waals surface area contributed by atoms with E-state index in [1.807, 2.05) is 6.92 Å². The van der Waals surface area contributed by atoms with Gasteiger partial charge in [-0.05, 0) is 19.4 Å². The number of nitrogens with one attached hydrogen (secondary N) is 1. The first kappa shape index (κ1) is 7.54. The molecule has 0 radical (unpaired) electrons. The van der Waals surface area contributed by atoms with Crippen LogP contribution in [0.1, 0.15) is 26.2 Å². The van der Waals surface area contributed by atoms with E-state index in [4.69, 9.17) is 5.73 Å². The van der Waals surface area contributed by atoms with Crippen LogP contribution in [0.2, 0.25) is 0 Å². The van der Waals surface area contributed by atoms with E-state index in [1.54, 1.807) is 0 Å². The van der Waals surface area contributed by atoms with E-state index in [9.17, 15) is 4.79 Å². The van der Waals surface area contributed by atoms with Gasteiger partial charge in [0.25, 0.3) is 0 Å². The largest absolute Gasteiger partial charge is 0.370 e. The fraction of sp³-hybridized carbons (Fsp3) is 0.857. The Morgan fingerprint density at radius 2 is 2.30 bits per heavy atom. The van der Waals surface area contributed by atoms with Crippen molar-refractivity contribution >= 4 is 5.91 Å². The summed E-state index contributed by atoms with van der Waals surface area (Å²) in [5, 5.41) is 3.26. The zero-order valence-corrected chi connectivity index (χ0v) is 6.31. The first-order valence-electron chi connectivity index (χ1n) is 3.72. The molecule has 0 heterocycles. The highest BCUT2D eigenvalue weighted by Gasteiger charge is 2.42. The summed E-state index contributed by atoms with van der Waals surface area (Å²) in [6.45, 7) is 2.97. The van der Waals surface area contributed by atoms with E-state index in [-0.39, 0.29) is 11.4 Å². The van der Waals surface area contributed by atoms with Crippen LogP contribution in [0, 0.1) is 0 Å². The molecule has 0 spiro atoms. The Kier molecular flexibility index (Phi) is 1.94. The van der Waals surface area contributed by atoms with E-state index in [0.717, 1.165) is 19.4 Å². The van der Waals surface area contributed by atoms with Gasteiger partial charge in [0, 0.05) is 12.0 Å². The second kappa shape index (κ2) is 2.58. The standard InChI is InChI=1S/C7H14N2O/c1-2-9-7(3-4-7)5-6(8)10/h9H,2-5H2,1H3,(H2,8,10). The first-order valence-corrected chi connectivity index (χ1v) is 3.72. The Balaban J connectivity index is 2.30. The number of amides is 1. The molecule has 58 valence electrons.